The van der Waals surface area contributed by atoms with Crippen LogP contribution in [0.25, 0.3) is 0 Å². The van der Waals surface area contributed by atoms with Gasteiger partial charge in [0.25, 0.3) is 5.91 Å². The first kappa shape index (κ1) is 19.6. The fourth-order valence-corrected chi connectivity index (χ4v) is 2.27. The Bertz CT molecular complexity index is 735. The summed E-state index contributed by atoms with van der Waals surface area (Å²) >= 11 is 5.83. The Labute approximate surface area is 157 Å². The number of hydrogen-bond acceptors (Lipinski definition) is 4. The van der Waals surface area contributed by atoms with Crippen LogP contribution in [0.5, 0.6) is 5.75 Å². The summed E-state index contributed by atoms with van der Waals surface area (Å²) in [4.78, 5) is 23.3. The third-order valence-corrected chi connectivity index (χ3v) is 3.63. The molecule has 0 aliphatic rings. The van der Waals surface area contributed by atoms with E-state index >= 15 is 0 Å². The molecule has 6 nitrogen and oxygen atoms in total. The SMILES string of the molecule is CCOC(=O)Nc1cccc(OCC(=O)NCCc2ccc(Cl)cc2)c1. The molecule has 2 rings (SSSR count). The lowest BCUT2D eigenvalue weighted by atomic mass is 10.1. The van der Waals surface area contributed by atoms with Crippen molar-refractivity contribution in [2.75, 3.05) is 25.1 Å². The maximum atomic E-state index is 11.9. The smallest absolute Gasteiger partial charge is 0.411 e. The van der Waals surface area contributed by atoms with Crippen LogP contribution < -0.4 is 15.4 Å². The highest BCUT2D eigenvalue weighted by molar-refractivity contribution is 6.30. The second-order valence-corrected chi connectivity index (χ2v) is 5.82. The second-order valence-electron chi connectivity index (χ2n) is 5.39. The summed E-state index contributed by atoms with van der Waals surface area (Å²) in [6, 6.07) is 14.2. The van der Waals surface area contributed by atoms with Crippen LogP contribution >= 0.6 is 11.6 Å². The summed E-state index contributed by atoms with van der Waals surface area (Å²) < 4.78 is 10.3. The number of halogens is 1. The zero-order valence-electron chi connectivity index (χ0n) is 14.5. The van der Waals surface area contributed by atoms with Crippen LogP contribution in [0.1, 0.15) is 12.5 Å². The number of anilines is 1. The van der Waals surface area contributed by atoms with Gasteiger partial charge in [0, 0.05) is 23.3 Å². The molecular weight excluding hydrogens is 356 g/mol. The molecule has 0 spiro atoms. The van der Waals surface area contributed by atoms with Gasteiger partial charge in [-0.05, 0) is 43.2 Å². The van der Waals surface area contributed by atoms with Crippen molar-refractivity contribution >= 4 is 29.3 Å². The summed E-state index contributed by atoms with van der Waals surface area (Å²) in [7, 11) is 0. The minimum atomic E-state index is -0.537. The minimum Gasteiger partial charge on any atom is -0.484 e. The van der Waals surface area contributed by atoms with Crippen molar-refractivity contribution in [2.24, 2.45) is 0 Å². The molecule has 0 radical (unpaired) electrons. The molecule has 2 amide bonds. The highest BCUT2D eigenvalue weighted by Gasteiger charge is 2.05. The van der Waals surface area contributed by atoms with Crippen molar-refractivity contribution in [1.82, 2.24) is 5.32 Å². The van der Waals surface area contributed by atoms with Crippen LogP contribution in [-0.4, -0.2) is 31.8 Å². The van der Waals surface area contributed by atoms with E-state index in [1.807, 2.05) is 24.3 Å². The van der Waals surface area contributed by atoms with Gasteiger partial charge in [-0.15, -0.1) is 0 Å². The lowest BCUT2D eigenvalue weighted by Gasteiger charge is -2.10. The Morgan fingerprint density at radius 2 is 1.88 bits per heavy atom. The quantitative estimate of drug-likeness (QED) is 0.737. The number of hydrogen-bond donors (Lipinski definition) is 2. The number of benzene rings is 2. The molecule has 0 bridgehead atoms. The standard InChI is InChI=1S/C19H21ClN2O4/c1-2-25-19(24)22-16-4-3-5-17(12-16)26-13-18(23)21-11-10-14-6-8-15(20)9-7-14/h3-9,12H,2,10-11,13H2,1H3,(H,21,23)(H,22,24). The summed E-state index contributed by atoms with van der Waals surface area (Å²) in [5.41, 5.74) is 1.62. The van der Waals surface area contributed by atoms with Crippen LogP contribution in [-0.2, 0) is 16.0 Å². The van der Waals surface area contributed by atoms with Crippen LogP contribution in [0.4, 0.5) is 10.5 Å². The molecule has 0 saturated carbocycles. The average molecular weight is 377 g/mol. The van der Waals surface area contributed by atoms with Crippen molar-refractivity contribution in [1.29, 1.82) is 0 Å². The molecule has 0 aliphatic carbocycles. The van der Waals surface area contributed by atoms with Gasteiger partial charge in [-0.2, -0.15) is 0 Å². The van der Waals surface area contributed by atoms with E-state index in [1.54, 1.807) is 31.2 Å². The highest BCUT2D eigenvalue weighted by atomic mass is 35.5. The molecule has 0 saturated heterocycles. The van der Waals surface area contributed by atoms with Crippen molar-refractivity contribution in [3.05, 3.63) is 59.1 Å². The predicted octanol–water partition coefficient (Wildman–Crippen LogP) is 3.65. The maximum Gasteiger partial charge on any atom is 0.411 e. The molecule has 0 fully saturated rings. The molecule has 2 N–H and O–H groups in total. The Morgan fingerprint density at radius 3 is 2.62 bits per heavy atom. The third kappa shape index (κ3) is 7.03. The van der Waals surface area contributed by atoms with Crippen LogP contribution in [0.2, 0.25) is 5.02 Å². The van der Waals surface area contributed by atoms with Gasteiger partial charge < -0.3 is 14.8 Å². The van der Waals surface area contributed by atoms with Crippen molar-refractivity contribution < 1.29 is 19.1 Å². The number of amides is 2. The Morgan fingerprint density at radius 1 is 1.12 bits per heavy atom. The van der Waals surface area contributed by atoms with E-state index in [9.17, 15) is 9.59 Å². The second kappa shape index (κ2) is 10.3. The Kier molecular flexibility index (Phi) is 7.76. The van der Waals surface area contributed by atoms with E-state index in [0.717, 1.165) is 5.56 Å². The van der Waals surface area contributed by atoms with E-state index in [1.165, 1.54) is 0 Å². The number of nitrogens with one attached hydrogen (secondary N) is 2. The molecule has 0 heterocycles. The highest BCUT2D eigenvalue weighted by Crippen LogP contribution is 2.17. The maximum absolute atomic E-state index is 11.9. The summed E-state index contributed by atoms with van der Waals surface area (Å²) in [6.45, 7) is 2.42. The third-order valence-electron chi connectivity index (χ3n) is 3.37. The van der Waals surface area contributed by atoms with E-state index in [-0.39, 0.29) is 19.1 Å². The number of carbonyl (C=O) groups is 2. The van der Waals surface area contributed by atoms with Crippen molar-refractivity contribution in [3.8, 4) is 5.75 Å². The number of rotatable bonds is 8. The minimum absolute atomic E-state index is 0.108. The first-order chi connectivity index (χ1) is 12.6. The van der Waals surface area contributed by atoms with Gasteiger partial charge in [0.2, 0.25) is 0 Å². The summed E-state index contributed by atoms with van der Waals surface area (Å²) in [5, 5.41) is 6.06. The first-order valence-corrected chi connectivity index (χ1v) is 8.62. The summed E-state index contributed by atoms with van der Waals surface area (Å²) in [5.74, 6) is 0.259. The molecular formula is C19H21ClN2O4. The average Bonchev–Trinajstić information content (AvgIpc) is 2.62. The summed E-state index contributed by atoms with van der Waals surface area (Å²) in [6.07, 6.45) is 0.173. The van der Waals surface area contributed by atoms with Crippen LogP contribution in [0.3, 0.4) is 0 Å². The fraction of sp³-hybridized carbons (Fsp3) is 0.263. The Balaban J connectivity index is 1.73. The zero-order valence-corrected chi connectivity index (χ0v) is 15.2. The molecule has 0 unspecified atom stereocenters. The molecule has 2 aromatic carbocycles. The lowest BCUT2D eigenvalue weighted by Crippen LogP contribution is -2.30. The number of carbonyl (C=O) groups excluding carboxylic acids is 2. The first-order valence-electron chi connectivity index (χ1n) is 8.24. The van der Waals surface area contributed by atoms with Gasteiger partial charge in [-0.3, -0.25) is 10.1 Å². The van der Waals surface area contributed by atoms with Crippen LogP contribution in [0.15, 0.2) is 48.5 Å². The molecule has 2 aromatic rings. The number of ether oxygens (including phenoxy) is 2. The van der Waals surface area contributed by atoms with Crippen LogP contribution in [0, 0.1) is 0 Å². The van der Waals surface area contributed by atoms with Gasteiger partial charge in [0.05, 0.1) is 6.61 Å². The molecule has 0 atom stereocenters. The van der Waals surface area contributed by atoms with Gasteiger partial charge >= 0.3 is 6.09 Å². The van der Waals surface area contributed by atoms with Gasteiger partial charge in [0.1, 0.15) is 5.75 Å². The largest absolute Gasteiger partial charge is 0.484 e. The topological polar surface area (TPSA) is 76.7 Å². The van der Waals surface area contributed by atoms with Gasteiger partial charge in [0.15, 0.2) is 6.61 Å². The predicted molar refractivity (Wildman–Crippen MR) is 101 cm³/mol. The normalized spacial score (nSPS) is 10.1. The molecule has 0 aromatic heterocycles. The van der Waals surface area contributed by atoms with E-state index < -0.39 is 6.09 Å². The molecule has 26 heavy (non-hydrogen) atoms. The Hall–Kier alpha value is -2.73. The van der Waals surface area contributed by atoms with Gasteiger partial charge in [-0.25, -0.2) is 4.79 Å². The van der Waals surface area contributed by atoms with E-state index in [0.29, 0.717) is 29.4 Å². The molecule has 138 valence electrons. The lowest BCUT2D eigenvalue weighted by molar-refractivity contribution is -0.123. The molecule has 0 aliphatic heterocycles. The monoisotopic (exact) mass is 376 g/mol. The zero-order chi connectivity index (χ0) is 18.8. The molecule has 7 heteroatoms. The van der Waals surface area contributed by atoms with Gasteiger partial charge in [-0.1, -0.05) is 29.8 Å². The fourth-order valence-electron chi connectivity index (χ4n) is 2.15. The van der Waals surface area contributed by atoms with E-state index in [2.05, 4.69) is 10.6 Å². The van der Waals surface area contributed by atoms with E-state index in [4.69, 9.17) is 21.1 Å². The van der Waals surface area contributed by atoms with Crippen molar-refractivity contribution in [2.45, 2.75) is 13.3 Å². The van der Waals surface area contributed by atoms with Crippen molar-refractivity contribution in [3.63, 3.8) is 0 Å².